The van der Waals surface area contributed by atoms with Crippen LogP contribution in [0.15, 0.2) is 30.3 Å². The molecule has 0 bridgehead atoms. The SMILES string of the molecule is NC(CN(CC=O)C(=O)O)C1CCN(c2ccc3cccc(Cl)c3n2)CC1. The molecule has 2 aromatic rings. The van der Waals surface area contributed by atoms with Crippen molar-refractivity contribution >= 4 is 40.7 Å². The van der Waals surface area contributed by atoms with Gasteiger partial charge in [0.2, 0.25) is 0 Å². The Balaban J connectivity index is 1.62. The van der Waals surface area contributed by atoms with Crippen molar-refractivity contribution in [3.8, 4) is 0 Å². The van der Waals surface area contributed by atoms with Gasteiger partial charge in [0.15, 0.2) is 0 Å². The number of rotatable bonds is 6. The molecule has 1 aromatic heterocycles. The van der Waals surface area contributed by atoms with Crippen molar-refractivity contribution in [3.05, 3.63) is 35.4 Å². The summed E-state index contributed by atoms with van der Waals surface area (Å²) in [6.45, 7) is 1.61. The van der Waals surface area contributed by atoms with Gasteiger partial charge in [-0.15, -0.1) is 0 Å². The zero-order valence-corrected chi connectivity index (χ0v) is 15.7. The number of halogens is 1. The summed E-state index contributed by atoms with van der Waals surface area (Å²) in [5, 5.41) is 10.8. The molecule has 1 unspecified atom stereocenters. The first-order valence-electron chi connectivity index (χ1n) is 8.97. The summed E-state index contributed by atoms with van der Waals surface area (Å²) in [5.74, 6) is 1.09. The normalized spacial score (nSPS) is 16.3. The number of piperidine rings is 1. The second-order valence-corrected chi connectivity index (χ2v) is 7.23. The molecular weight excluding hydrogens is 368 g/mol. The quantitative estimate of drug-likeness (QED) is 0.735. The molecule has 7 nitrogen and oxygen atoms in total. The number of carbonyl (C=O) groups is 2. The smallest absolute Gasteiger partial charge is 0.407 e. The van der Waals surface area contributed by atoms with Crippen LogP contribution in [0.5, 0.6) is 0 Å². The molecule has 8 heteroatoms. The number of nitrogens with zero attached hydrogens (tertiary/aromatic N) is 3. The van der Waals surface area contributed by atoms with Gasteiger partial charge < -0.3 is 20.5 Å². The number of hydrogen-bond acceptors (Lipinski definition) is 5. The van der Waals surface area contributed by atoms with Gasteiger partial charge in [0.25, 0.3) is 0 Å². The van der Waals surface area contributed by atoms with E-state index in [9.17, 15) is 9.59 Å². The lowest BCUT2D eigenvalue weighted by atomic mass is 9.89. The minimum atomic E-state index is -1.12. The third-order valence-corrected chi connectivity index (χ3v) is 5.43. The summed E-state index contributed by atoms with van der Waals surface area (Å²) in [7, 11) is 0. The lowest BCUT2D eigenvalue weighted by molar-refractivity contribution is -0.108. The first kappa shape index (κ1) is 19.4. The van der Waals surface area contributed by atoms with Gasteiger partial charge in [0, 0.05) is 31.1 Å². The van der Waals surface area contributed by atoms with Crippen LogP contribution >= 0.6 is 11.6 Å². The lowest BCUT2D eigenvalue weighted by Crippen LogP contribution is -2.48. The van der Waals surface area contributed by atoms with Crippen molar-refractivity contribution in [1.29, 1.82) is 0 Å². The molecule has 1 aromatic carbocycles. The number of amides is 1. The zero-order valence-electron chi connectivity index (χ0n) is 14.9. The largest absolute Gasteiger partial charge is 0.465 e. The minimum absolute atomic E-state index is 0.149. The molecule has 1 fully saturated rings. The Kier molecular flexibility index (Phi) is 6.13. The highest BCUT2D eigenvalue weighted by atomic mass is 35.5. The zero-order chi connectivity index (χ0) is 19.4. The molecule has 3 N–H and O–H groups in total. The molecule has 1 amide bonds. The summed E-state index contributed by atoms with van der Waals surface area (Å²) < 4.78 is 0. The minimum Gasteiger partial charge on any atom is -0.465 e. The number of aldehydes is 1. The van der Waals surface area contributed by atoms with Gasteiger partial charge >= 0.3 is 6.09 Å². The molecule has 2 heterocycles. The summed E-state index contributed by atoms with van der Waals surface area (Å²) in [5.41, 5.74) is 7.02. The van der Waals surface area contributed by atoms with E-state index in [0.29, 0.717) is 11.3 Å². The van der Waals surface area contributed by atoms with Crippen LogP contribution in [0.1, 0.15) is 12.8 Å². The Labute approximate surface area is 162 Å². The lowest BCUT2D eigenvalue weighted by Gasteiger charge is -2.36. The van der Waals surface area contributed by atoms with E-state index in [-0.39, 0.29) is 25.0 Å². The van der Waals surface area contributed by atoms with E-state index in [1.54, 1.807) is 0 Å². The molecule has 144 valence electrons. The summed E-state index contributed by atoms with van der Waals surface area (Å²) in [4.78, 5) is 29.8. The molecule has 27 heavy (non-hydrogen) atoms. The fourth-order valence-electron chi connectivity index (χ4n) is 3.56. The van der Waals surface area contributed by atoms with Gasteiger partial charge in [-0.3, -0.25) is 4.90 Å². The van der Waals surface area contributed by atoms with Gasteiger partial charge in [-0.25, -0.2) is 9.78 Å². The highest BCUT2D eigenvalue weighted by Crippen LogP contribution is 2.28. The summed E-state index contributed by atoms with van der Waals surface area (Å²) in [6.07, 6.45) is 1.16. The molecular formula is C19H23ClN4O3. The van der Waals surface area contributed by atoms with Crippen LogP contribution in [0.2, 0.25) is 5.02 Å². The number of hydrogen-bond donors (Lipinski definition) is 2. The molecule has 3 rings (SSSR count). The van der Waals surface area contributed by atoms with Crippen molar-refractivity contribution < 1.29 is 14.7 Å². The number of carboxylic acid groups (broad SMARTS) is 1. The number of nitrogens with two attached hydrogens (primary N) is 1. The van der Waals surface area contributed by atoms with Crippen molar-refractivity contribution in [3.63, 3.8) is 0 Å². The van der Waals surface area contributed by atoms with Gasteiger partial charge in [0.05, 0.1) is 17.1 Å². The molecule has 0 radical (unpaired) electrons. The predicted molar refractivity (Wildman–Crippen MR) is 105 cm³/mol. The molecule has 1 saturated heterocycles. The van der Waals surface area contributed by atoms with Crippen molar-refractivity contribution in [2.45, 2.75) is 18.9 Å². The van der Waals surface area contributed by atoms with Crippen molar-refractivity contribution in [2.75, 3.05) is 31.1 Å². The second-order valence-electron chi connectivity index (χ2n) is 6.82. The van der Waals surface area contributed by atoms with Crippen LogP contribution in [0.4, 0.5) is 10.6 Å². The van der Waals surface area contributed by atoms with Crippen LogP contribution < -0.4 is 10.6 Å². The number of pyridine rings is 1. The molecule has 0 saturated carbocycles. The molecule has 0 aliphatic carbocycles. The van der Waals surface area contributed by atoms with Crippen LogP contribution in [-0.4, -0.2) is 59.6 Å². The third kappa shape index (κ3) is 4.48. The maximum Gasteiger partial charge on any atom is 0.407 e. The van der Waals surface area contributed by atoms with E-state index < -0.39 is 6.09 Å². The predicted octanol–water partition coefficient (Wildman–Crippen LogP) is 2.61. The fraction of sp³-hybridized carbons (Fsp3) is 0.421. The number of para-hydroxylation sites is 1. The topological polar surface area (TPSA) is 99.8 Å². The first-order valence-corrected chi connectivity index (χ1v) is 9.34. The molecule has 1 aliphatic heterocycles. The van der Waals surface area contributed by atoms with E-state index in [4.69, 9.17) is 27.4 Å². The van der Waals surface area contributed by atoms with Gasteiger partial charge in [0.1, 0.15) is 12.1 Å². The van der Waals surface area contributed by atoms with Gasteiger partial charge in [-0.2, -0.15) is 0 Å². The average molecular weight is 391 g/mol. The Bertz CT molecular complexity index is 824. The standard InChI is InChI=1S/C19H23ClN4O3/c20-15-3-1-2-14-4-5-17(22-18(14)15)23-8-6-13(7-9-23)16(21)12-24(10-11-25)19(26)27/h1-5,11,13,16H,6-10,12,21H2,(H,26,27). The Hall–Kier alpha value is -2.38. The van der Waals surface area contributed by atoms with E-state index in [0.717, 1.165) is 47.6 Å². The summed E-state index contributed by atoms with van der Waals surface area (Å²) in [6, 6.07) is 9.45. The Morgan fingerprint density at radius 1 is 1.37 bits per heavy atom. The Morgan fingerprint density at radius 3 is 2.78 bits per heavy atom. The maximum absolute atomic E-state index is 11.2. The monoisotopic (exact) mass is 390 g/mol. The number of carbonyl (C=O) groups excluding carboxylic acids is 1. The highest BCUT2D eigenvalue weighted by molar-refractivity contribution is 6.35. The molecule has 1 aliphatic rings. The summed E-state index contributed by atoms with van der Waals surface area (Å²) >= 11 is 6.26. The number of anilines is 1. The number of fused-ring (bicyclic) bond motifs is 1. The van der Waals surface area contributed by atoms with E-state index in [1.165, 1.54) is 0 Å². The Morgan fingerprint density at radius 2 is 2.11 bits per heavy atom. The van der Waals surface area contributed by atoms with Gasteiger partial charge in [-0.1, -0.05) is 23.7 Å². The highest BCUT2D eigenvalue weighted by Gasteiger charge is 2.27. The number of benzene rings is 1. The second kappa shape index (κ2) is 8.54. The van der Waals surface area contributed by atoms with Crippen LogP contribution in [0.25, 0.3) is 10.9 Å². The van der Waals surface area contributed by atoms with Crippen LogP contribution in [-0.2, 0) is 4.79 Å². The third-order valence-electron chi connectivity index (χ3n) is 5.12. The van der Waals surface area contributed by atoms with Crippen molar-refractivity contribution in [1.82, 2.24) is 9.88 Å². The first-order chi connectivity index (χ1) is 13.0. The molecule has 0 spiro atoms. The van der Waals surface area contributed by atoms with E-state index >= 15 is 0 Å². The molecule has 1 atom stereocenters. The van der Waals surface area contributed by atoms with Gasteiger partial charge in [-0.05, 0) is 37.0 Å². The van der Waals surface area contributed by atoms with Crippen molar-refractivity contribution in [2.24, 2.45) is 11.7 Å². The van der Waals surface area contributed by atoms with Crippen LogP contribution in [0.3, 0.4) is 0 Å². The fourth-order valence-corrected chi connectivity index (χ4v) is 3.78. The number of aromatic nitrogens is 1. The van der Waals surface area contributed by atoms with E-state index in [2.05, 4.69) is 4.90 Å². The van der Waals surface area contributed by atoms with E-state index in [1.807, 2.05) is 30.3 Å². The van der Waals surface area contributed by atoms with Crippen LogP contribution in [0, 0.1) is 5.92 Å². The maximum atomic E-state index is 11.2. The average Bonchev–Trinajstić information content (AvgIpc) is 2.67.